The third-order valence-corrected chi connectivity index (χ3v) is 2.16. The van der Waals surface area contributed by atoms with Gasteiger partial charge < -0.3 is 15.6 Å². The summed E-state index contributed by atoms with van der Waals surface area (Å²) in [7, 11) is 0. The maximum Gasteiger partial charge on any atom is 0.349 e. The van der Waals surface area contributed by atoms with Gasteiger partial charge >= 0.3 is 5.69 Å². The Morgan fingerprint density at radius 1 is 1.59 bits per heavy atom. The zero-order valence-corrected chi connectivity index (χ0v) is 10.2. The van der Waals surface area contributed by atoms with E-state index >= 15 is 0 Å². The van der Waals surface area contributed by atoms with Crippen LogP contribution in [0.25, 0.3) is 0 Å². The average Bonchev–Trinajstić information content (AvgIpc) is 2.26. The van der Waals surface area contributed by atoms with Crippen molar-refractivity contribution < 1.29 is 9.84 Å². The molecule has 0 bridgehead atoms. The minimum absolute atomic E-state index is 0.135. The number of rotatable bonds is 6. The first-order chi connectivity index (χ1) is 8.02. The Bertz CT molecular complexity index is 403. The van der Waals surface area contributed by atoms with Crippen molar-refractivity contribution in [2.45, 2.75) is 26.5 Å². The van der Waals surface area contributed by atoms with E-state index in [4.69, 9.17) is 15.6 Å². The Morgan fingerprint density at radius 3 is 2.82 bits per heavy atom. The van der Waals surface area contributed by atoms with Gasteiger partial charge in [0.05, 0.1) is 19.3 Å². The summed E-state index contributed by atoms with van der Waals surface area (Å²) in [6.45, 7) is 4.72. The van der Waals surface area contributed by atoms with Crippen molar-refractivity contribution in [2.75, 3.05) is 18.9 Å². The molecule has 0 spiro atoms. The van der Waals surface area contributed by atoms with Crippen LogP contribution in [-0.2, 0) is 11.3 Å². The molecule has 17 heavy (non-hydrogen) atoms. The maximum atomic E-state index is 11.5. The molecule has 1 aromatic rings. The molecule has 1 atom stereocenters. The van der Waals surface area contributed by atoms with Gasteiger partial charge in [-0.15, -0.1) is 0 Å². The fraction of sp³-hybridized carbons (Fsp3) is 0.636. The zero-order valence-electron chi connectivity index (χ0n) is 10.2. The van der Waals surface area contributed by atoms with Gasteiger partial charge in [0.15, 0.2) is 0 Å². The molecular formula is C11H19N3O3. The summed E-state index contributed by atoms with van der Waals surface area (Å²) in [5.74, 6) is 0.570. The van der Waals surface area contributed by atoms with Crippen molar-refractivity contribution in [1.82, 2.24) is 9.55 Å². The van der Waals surface area contributed by atoms with E-state index in [0.717, 1.165) is 0 Å². The molecule has 0 saturated carbocycles. The first-order valence-corrected chi connectivity index (χ1v) is 5.58. The van der Waals surface area contributed by atoms with Gasteiger partial charge in [-0.1, -0.05) is 13.8 Å². The number of hydrogen-bond donors (Lipinski definition) is 2. The van der Waals surface area contributed by atoms with Gasteiger partial charge in [0.2, 0.25) is 0 Å². The quantitative estimate of drug-likeness (QED) is 0.723. The van der Waals surface area contributed by atoms with E-state index in [2.05, 4.69) is 4.98 Å². The fourth-order valence-electron chi connectivity index (χ4n) is 1.29. The molecule has 6 heteroatoms. The topological polar surface area (TPSA) is 90.4 Å². The summed E-state index contributed by atoms with van der Waals surface area (Å²) in [5, 5.41) is 9.16. The van der Waals surface area contributed by atoms with Crippen LogP contribution in [0, 0.1) is 5.92 Å². The molecule has 96 valence electrons. The van der Waals surface area contributed by atoms with E-state index in [1.54, 1.807) is 6.20 Å². The highest BCUT2D eigenvalue weighted by atomic mass is 16.5. The summed E-state index contributed by atoms with van der Waals surface area (Å²) in [4.78, 5) is 15.1. The maximum absolute atomic E-state index is 11.5. The second kappa shape index (κ2) is 6.36. The van der Waals surface area contributed by atoms with Gasteiger partial charge in [-0.2, -0.15) is 4.98 Å². The van der Waals surface area contributed by atoms with Crippen LogP contribution in [0.15, 0.2) is 17.1 Å². The third-order valence-electron chi connectivity index (χ3n) is 2.16. The smallest absolute Gasteiger partial charge is 0.349 e. The lowest BCUT2D eigenvalue weighted by Crippen LogP contribution is -2.32. The molecule has 0 fully saturated rings. The number of hydrogen-bond acceptors (Lipinski definition) is 5. The molecule has 0 aromatic carbocycles. The van der Waals surface area contributed by atoms with Gasteiger partial charge in [-0.3, -0.25) is 4.57 Å². The van der Waals surface area contributed by atoms with Crippen LogP contribution < -0.4 is 11.4 Å². The molecule has 0 aliphatic carbocycles. The first kappa shape index (κ1) is 13.7. The van der Waals surface area contributed by atoms with E-state index in [1.165, 1.54) is 10.6 Å². The lowest BCUT2D eigenvalue weighted by Gasteiger charge is -2.17. The van der Waals surface area contributed by atoms with Gasteiger partial charge in [-0.05, 0) is 12.0 Å². The summed E-state index contributed by atoms with van der Waals surface area (Å²) in [6, 6.07) is 1.54. The lowest BCUT2D eigenvalue weighted by molar-refractivity contribution is -0.00961. The largest absolute Gasteiger partial charge is 0.394 e. The standard InChI is InChI=1S/C11H19N3O3/c1-8(2)7-17-9(6-15)5-14-4-3-10(12)13-11(14)16/h3-4,8-9,15H,5-7H2,1-2H3,(H2,12,13,16)/t9-/m0/s1. The van der Waals surface area contributed by atoms with E-state index in [1.807, 2.05) is 13.8 Å². The van der Waals surface area contributed by atoms with Crippen LogP contribution in [0.5, 0.6) is 0 Å². The van der Waals surface area contributed by atoms with Crippen molar-refractivity contribution in [1.29, 1.82) is 0 Å². The van der Waals surface area contributed by atoms with Crippen molar-refractivity contribution in [3.05, 3.63) is 22.7 Å². The highest BCUT2D eigenvalue weighted by Gasteiger charge is 2.11. The monoisotopic (exact) mass is 241 g/mol. The molecule has 1 rings (SSSR count). The van der Waals surface area contributed by atoms with Gasteiger partial charge in [0, 0.05) is 12.8 Å². The Morgan fingerprint density at radius 2 is 2.29 bits per heavy atom. The first-order valence-electron chi connectivity index (χ1n) is 5.58. The molecule has 0 aliphatic heterocycles. The van der Waals surface area contributed by atoms with Gasteiger partial charge in [0.1, 0.15) is 5.82 Å². The van der Waals surface area contributed by atoms with E-state index in [9.17, 15) is 4.79 Å². The molecule has 0 aliphatic rings. The summed E-state index contributed by atoms with van der Waals surface area (Å²) in [6.07, 6.45) is 1.15. The summed E-state index contributed by atoms with van der Waals surface area (Å²) in [5.41, 5.74) is 4.95. The molecule has 3 N–H and O–H groups in total. The molecular weight excluding hydrogens is 222 g/mol. The van der Waals surface area contributed by atoms with E-state index < -0.39 is 11.8 Å². The van der Waals surface area contributed by atoms with Crippen molar-refractivity contribution in [2.24, 2.45) is 5.92 Å². The Kier molecular flexibility index (Phi) is 5.11. The average molecular weight is 241 g/mol. The third kappa shape index (κ3) is 4.54. The van der Waals surface area contributed by atoms with Crippen LogP contribution >= 0.6 is 0 Å². The van der Waals surface area contributed by atoms with E-state index in [-0.39, 0.29) is 19.0 Å². The van der Waals surface area contributed by atoms with Crippen LogP contribution in [-0.4, -0.2) is 34.0 Å². The number of aliphatic hydroxyl groups excluding tert-OH is 1. The fourth-order valence-corrected chi connectivity index (χ4v) is 1.29. The zero-order chi connectivity index (χ0) is 12.8. The molecule has 0 amide bonds. The number of aliphatic hydroxyl groups is 1. The highest BCUT2D eigenvalue weighted by molar-refractivity contribution is 5.23. The Balaban J connectivity index is 2.64. The second-order valence-electron chi connectivity index (χ2n) is 4.32. The number of aromatic nitrogens is 2. The lowest BCUT2D eigenvalue weighted by atomic mass is 10.2. The number of nitrogens with two attached hydrogens (primary N) is 1. The van der Waals surface area contributed by atoms with Gasteiger partial charge in [0.25, 0.3) is 0 Å². The molecule has 0 saturated heterocycles. The van der Waals surface area contributed by atoms with Gasteiger partial charge in [-0.25, -0.2) is 4.79 Å². The second-order valence-corrected chi connectivity index (χ2v) is 4.32. The van der Waals surface area contributed by atoms with Crippen molar-refractivity contribution in [3.63, 3.8) is 0 Å². The number of ether oxygens (including phenoxy) is 1. The molecule has 6 nitrogen and oxygen atoms in total. The van der Waals surface area contributed by atoms with Crippen LogP contribution in [0.2, 0.25) is 0 Å². The Labute approximate surface area is 100 Å². The van der Waals surface area contributed by atoms with E-state index in [0.29, 0.717) is 12.5 Å². The molecule has 0 radical (unpaired) electrons. The number of nitrogen functional groups attached to an aromatic ring is 1. The SMILES string of the molecule is CC(C)CO[C@H](CO)Cn1ccc(N)nc1=O. The predicted octanol–water partition coefficient (Wildman–Crippen LogP) is -0.141. The number of nitrogens with zero attached hydrogens (tertiary/aromatic N) is 2. The van der Waals surface area contributed by atoms with Crippen LogP contribution in [0.4, 0.5) is 5.82 Å². The normalized spacial score (nSPS) is 12.9. The number of anilines is 1. The molecule has 0 unspecified atom stereocenters. The Hall–Kier alpha value is -1.40. The molecule has 1 heterocycles. The van der Waals surface area contributed by atoms with Crippen molar-refractivity contribution >= 4 is 5.82 Å². The minimum atomic E-state index is -0.434. The summed E-state index contributed by atoms with van der Waals surface area (Å²) < 4.78 is 6.85. The highest BCUT2D eigenvalue weighted by Crippen LogP contribution is 2.00. The van der Waals surface area contributed by atoms with Crippen LogP contribution in [0.1, 0.15) is 13.8 Å². The summed E-state index contributed by atoms with van der Waals surface area (Å²) >= 11 is 0. The van der Waals surface area contributed by atoms with Crippen molar-refractivity contribution in [3.8, 4) is 0 Å². The predicted molar refractivity (Wildman–Crippen MR) is 64.6 cm³/mol. The molecule has 1 aromatic heterocycles. The van der Waals surface area contributed by atoms with Crippen LogP contribution in [0.3, 0.4) is 0 Å². The minimum Gasteiger partial charge on any atom is -0.394 e.